The molecule has 0 N–H and O–H groups in total. The van der Waals surface area contributed by atoms with E-state index in [0.717, 1.165) is 11.8 Å². The minimum Gasteiger partial charge on any atom is -0.486 e. The van der Waals surface area contributed by atoms with E-state index in [1.807, 2.05) is 19.1 Å². The van der Waals surface area contributed by atoms with Crippen LogP contribution < -0.4 is 4.74 Å². The maximum absolute atomic E-state index is 10.9. The minimum absolute atomic E-state index is 0.249. The first kappa shape index (κ1) is 13.3. The van der Waals surface area contributed by atoms with Crippen LogP contribution in [0.5, 0.6) is 5.75 Å². The van der Waals surface area contributed by atoms with Gasteiger partial charge >= 0.3 is 0 Å². The standard InChI is InChI=1S/C14H15NO4/c1-10-4-3-5-11(7-16)14(10)18-8-12-6-13(9-17-2)19-15-12/h3-7H,8-9H2,1-2H3. The van der Waals surface area contributed by atoms with Gasteiger partial charge in [-0.05, 0) is 18.6 Å². The summed E-state index contributed by atoms with van der Waals surface area (Å²) in [5.74, 6) is 1.22. The van der Waals surface area contributed by atoms with Crippen molar-refractivity contribution < 1.29 is 18.8 Å². The highest BCUT2D eigenvalue weighted by atomic mass is 16.5. The number of ether oxygens (including phenoxy) is 2. The lowest BCUT2D eigenvalue weighted by Crippen LogP contribution is -2.00. The molecule has 0 aliphatic carbocycles. The van der Waals surface area contributed by atoms with Crippen molar-refractivity contribution in [2.24, 2.45) is 0 Å². The number of rotatable bonds is 6. The molecule has 19 heavy (non-hydrogen) atoms. The van der Waals surface area contributed by atoms with Crippen LogP contribution in [0.15, 0.2) is 28.8 Å². The molecule has 0 amide bonds. The zero-order valence-electron chi connectivity index (χ0n) is 10.9. The third-order valence-electron chi connectivity index (χ3n) is 2.63. The van der Waals surface area contributed by atoms with E-state index in [9.17, 15) is 4.79 Å². The van der Waals surface area contributed by atoms with Crippen LogP contribution in [-0.2, 0) is 18.0 Å². The van der Waals surface area contributed by atoms with E-state index >= 15 is 0 Å². The van der Waals surface area contributed by atoms with Crippen LogP contribution in [0, 0.1) is 6.92 Å². The summed E-state index contributed by atoms with van der Waals surface area (Å²) >= 11 is 0. The number of aromatic nitrogens is 1. The maximum Gasteiger partial charge on any atom is 0.162 e. The first-order valence-corrected chi connectivity index (χ1v) is 5.85. The van der Waals surface area contributed by atoms with E-state index in [0.29, 0.717) is 29.4 Å². The summed E-state index contributed by atoms with van der Waals surface area (Å²) in [6.07, 6.45) is 0.779. The first-order chi connectivity index (χ1) is 9.24. The van der Waals surface area contributed by atoms with Gasteiger partial charge in [0.25, 0.3) is 0 Å². The van der Waals surface area contributed by atoms with E-state index in [2.05, 4.69) is 5.16 Å². The van der Waals surface area contributed by atoms with Crippen LogP contribution in [0.4, 0.5) is 0 Å². The smallest absolute Gasteiger partial charge is 0.162 e. The lowest BCUT2D eigenvalue weighted by atomic mass is 10.1. The normalized spacial score (nSPS) is 10.4. The topological polar surface area (TPSA) is 61.6 Å². The van der Waals surface area contributed by atoms with Crippen molar-refractivity contribution in [1.82, 2.24) is 5.16 Å². The van der Waals surface area contributed by atoms with Gasteiger partial charge in [-0.15, -0.1) is 0 Å². The first-order valence-electron chi connectivity index (χ1n) is 5.85. The Balaban J connectivity index is 2.07. The predicted octanol–water partition coefficient (Wildman–Crippen LogP) is 2.52. The highest BCUT2D eigenvalue weighted by Gasteiger charge is 2.09. The molecule has 0 bridgehead atoms. The van der Waals surface area contributed by atoms with Gasteiger partial charge < -0.3 is 14.0 Å². The van der Waals surface area contributed by atoms with Crippen LogP contribution in [0.25, 0.3) is 0 Å². The number of aldehydes is 1. The van der Waals surface area contributed by atoms with Gasteiger partial charge in [-0.25, -0.2) is 0 Å². The van der Waals surface area contributed by atoms with Crippen molar-refractivity contribution >= 4 is 6.29 Å². The second kappa shape index (κ2) is 6.15. The molecule has 2 rings (SSSR count). The van der Waals surface area contributed by atoms with Crippen LogP contribution in [0.2, 0.25) is 0 Å². The Morgan fingerprint density at radius 3 is 2.95 bits per heavy atom. The molecular formula is C14H15NO4. The zero-order valence-corrected chi connectivity index (χ0v) is 10.9. The summed E-state index contributed by atoms with van der Waals surface area (Å²) in [5.41, 5.74) is 2.10. The van der Waals surface area contributed by atoms with Gasteiger partial charge in [0.1, 0.15) is 24.7 Å². The van der Waals surface area contributed by atoms with Gasteiger partial charge in [0.2, 0.25) is 0 Å². The molecule has 0 saturated heterocycles. The summed E-state index contributed by atoms with van der Waals surface area (Å²) in [6, 6.07) is 7.19. The summed E-state index contributed by atoms with van der Waals surface area (Å²) in [7, 11) is 1.59. The van der Waals surface area contributed by atoms with Crippen molar-refractivity contribution in [1.29, 1.82) is 0 Å². The average molecular weight is 261 g/mol. The molecule has 0 radical (unpaired) electrons. The van der Waals surface area contributed by atoms with Crippen molar-refractivity contribution in [3.8, 4) is 5.75 Å². The van der Waals surface area contributed by atoms with Gasteiger partial charge in [0.05, 0.1) is 5.56 Å². The molecule has 1 heterocycles. The molecule has 0 spiro atoms. The molecule has 100 valence electrons. The SMILES string of the molecule is COCc1cc(COc2c(C)cccc2C=O)no1. The molecule has 1 aromatic carbocycles. The number of nitrogens with zero attached hydrogens (tertiary/aromatic N) is 1. The number of hydrogen-bond acceptors (Lipinski definition) is 5. The van der Waals surface area contributed by atoms with Crippen LogP contribution in [0.1, 0.15) is 27.4 Å². The van der Waals surface area contributed by atoms with E-state index in [1.54, 1.807) is 19.2 Å². The quantitative estimate of drug-likeness (QED) is 0.748. The highest BCUT2D eigenvalue weighted by Crippen LogP contribution is 2.23. The summed E-state index contributed by atoms with van der Waals surface area (Å²) in [6.45, 7) is 2.51. The third kappa shape index (κ3) is 3.20. The minimum atomic E-state index is 0.249. The number of methoxy groups -OCH3 is 1. The van der Waals surface area contributed by atoms with Crippen LogP contribution >= 0.6 is 0 Å². The Labute approximate surface area is 111 Å². The van der Waals surface area contributed by atoms with E-state index in [-0.39, 0.29) is 6.61 Å². The molecule has 1 aromatic heterocycles. The Morgan fingerprint density at radius 2 is 2.21 bits per heavy atom. The molecule has 0 unspecified atom stereocenters. The van der Waals surface area contributed by atoms with Gasteiger partial charge in [-0.1, -0.05) is 17.3 Å². The maximum atomic E-state index is 10.9. The lowest BCUT2D eigenvalue weighted by Gasteiger charge is -2.09. The Hall–Kier alpha value is -2.14. The number of para-hydroxylation sites is 1. The molecule has 0 atom stereocenters. The lowest BCUT2D eigenvalue weighted by molar-refractivity contribution is 0.111. The molecule has 5 heteroatoms. The Morgan fingerprint density at radius 1 is 1.37 bits per heavy atom. The monoisotopic (exact) mass is 261 g/mol. The molecule has 0 aliphatic rings. The van der Waals surface area contributed by atoms with Crippen LogP contribution in [0.3, 0.4) is 0 Å². The number of carbonyl (C=O) groups excluding carboxylic acids is 1. The number of aryl methyl sites for hydroxylation is 1. The predicted molar refractivity (Wildman–Crippen MR) is 68.1 cm³/mol. The Kier molecular flexibility index (Phi) is 4.30. The molecular weight excluding hydrogens is 246 g/mol. The van der Waals surface area contributed by atoms with Crippen molar-refractivity contribution in [2.45, 2.75) is 20.1 Å². The fraction of sp³-hybridized carbons (Fsp3) is 0.286. The number of benzene rings is 1. The summed E-state index contributed by atoms with van der Waals surface area (Å²) in [4.78, 5) is 10.9. The van der Waals surface area contributed by atoms with Crippen molar-refractivity contribution in [3.05, 3.63) is 46.8 Å². The van der Waals surface area contributed by atoms with Gasteiger partial charge in [0.15, 0.2) is 12.0 Å². The fourth-order valence-electron chi connectivity index (χ4n) is 1.75. The van der Waals surface area contributed by atoms with Gasteiger partial charge in [-0.3, -0.25) is 4.79 Å². The molecule has 0 saturated carbocycles. The van der Waals surface area contributed by atoms with Gasteiger partial charge in [0, 0.05) is 13.2 Å². The van der Waals surface area contributed by atoms with Crippen molar-refractivity contribution in [2.75, 3.05) is 7.11 Å². The van der Waals surface area contributed by atoms with E-state index in [4.69, 9.17) is 14.0 Å². The zero-order chi connectivity index (χ0) is 13.7. The van der Waals surface area contributed by atoms with E-state index < -0.39 is 0 Å². The fourth-order valence-corrected chi connectivity index (χ4v) is 1.75. The molecule has 5 nitrogen and oxygen atoms in total. The molecule has 0 fully saturated rings. The van der Waals surface area contributed by atoms with Crippen LogP contribution in [-0.4, -0.2) is 18.6 Å². The number of hydrogen-bond donors (Lipinski definition) is 0. The summed E-state index contributed by atoms with van der Waals surface area (Å²) < 4.78 is 15.6. The highest BCUT2D eigenvalue weighted by molar-refractivity contribution is 5.80. The third-order valence-corrected chi connectivity index (χ3v) is 2.63. The summed E-state index contributed by atoms with van der Waals surface area (Å²) in [5, 5.41) is 3.87. The second-order valence-corrected chi connectivity index (χ2v) is 4.12. The van der Waals surface area contributed by atoms with Crippen molar-refractivity contribution in [3.63, 3.8) is 0 Å². The number of carbonyl (C=O) groups is 1. The molecule has 0 aliphatic heterocycles. The van der Waals surface area contributed by atoms with E-state index in [1.165, 1.54) is 0 Å². The second-order valence-electron chi connectivity index (χ2n) is 4.12. The average Bonchev–Trinajstić information content (AvgIpc) is 2.85. The Bertz CT molecular complexity index is 562. The molecule has 2 aromatic rings. The van der Waals surface area contributed by atoms with Gasteiger partial charge in [-0.2, -0.15) is 0 Å². The largest absolute Gasteiger partial charge is 0.486 e.